The molecule has 0 aliphatic heterocycles. The highest BCUT2D eigenvalue weighted by atomic mass is 79.9. The third kappa shape index (κ3) is 3.31. The molecule has 0 spiro atoms. The molecule has 0 bridgehead atoms. The number of benzene rings is 1. The van der Waals surface area contributed by atoms with E-state index in [4.69, 9.17) is 4.74 Å². The first kappa shape index (κ1) is 11.5. The molecule has 0 saturated carbocycles. The van der Waals surface area contributed by atoms with Crippen LogP contribution in [0.25, 0.3) is 0 Å². The minimum atomic E-state index is 0.720. The van der Waals surface area contributed by atoms with Gasteiger partial charge in [-0.1, -0.05) is 15.9 Å². The van der Waals surface area contributed by atoms with Crippen LogP contribution in [0.2, 0.25) is 0 Å². The average molecular weight is 259 g/mol. The zero-order valence-corrected chi connectivity index (χ0v) is 10.5. The zero-order valence-electron chi connectivity index (χ0n) is 8.93. The predicted molar refractivity (Wildman–Crippen MR) is 61.8 cm³/mol. The Hall–Kier alpha value is -0.540. The van der Waals surface area contributed by atoms with E-state index in [0.29, 0.717) is 0 Å². The Morgan fingerprint density at radius 1 is 1.36 bits per heavy atom. The monoisotopic (exact) mass is 258 g/mol. The van der Waals surface area contributed by atoms with Crippen LogP contribution in [0, 0.1) is 0 Å². The molecular weight excluding hydrogens is 242 g/mol. The van der Waals surface area contributed by atoms with Gasteiger partial charge in [-0.2, -0.15) is 0 Å². The molecule has 14 heavy (non-hydrogen) atoms. The lowest BCUT2D eigenvalue weighted by molar-refractivity contribution is -0.872. The van der Waals surface area contributed by atoms with E-state index >= 15 is 0 Å². The molecular formula is C11H17BrNO+. The maximum absolute atomic E-state index is 5.56. The molecule has 1 aromatic rings. The summed E-state index contributed by atoms with van der Waals surface area (Å²) in [5, 5.41) is 0. The normalized spacial score (nSPS) is 10.6. The maximum atomic E-state index is 5.56. The smallest absolute Gasteiger partial charge is 0.128 e. The Morgan fingerprint density at radius 3 is 2.64 bits per heavy atom. The van der Waals surface area contributed by atoms with E-state index in [1.807, 2.05) is 19.1 Å². The molecule has 0 amide bonds. The molecule has 0 aromatic heterocycles. The van der Waals surface area contributed by atoms with Crippen LogP contribution in [0.5, 0.6) is 5.75 Å². The third-order valence-electron chi connectivity index (χ3n) is 1.87. The Bertz CT molecular complexity index is 299. The van der Waals surface area contributed by atoms with Crippen molar-refractivity contribution < 1.29 is 9.64 Å². The second kappa shape index (κ2) is 5.37. The first-order valence-electron chi connectivity index (χ1n) is 4.83. The van der Waals surface area contributed by atoms with Gasteiger partial charge in [-0.3, -0.25) is 0 Å². The number of quaternary nitrogens is 1. The van der Waals surface area contributed by atoms with Crippen LogP contribution in [-0.4, -0.2) is 20.7 Å². The van der Waals surface area contributed by atoms with Crippen LogP contribution in [0.4, 0.5) is 0 Å². The summed E-state index contributed by atoms with van der Waals surface area (Å²) in [6.45, 7) is 3.71. The van der Waals surface area contributed by atoms with Gasteiger partial charge in [0.25, 0.3) is 0 Å². The average Bonchev–Trinajstić information content (AvgIpc) is 2.09. The van der Waals surface area contributed by atoms with Gasteiger partial charge in [0.2, 0.25) is 0 Å². The van der Waals surface area contributed by atoms with Crippen LogP contribution in [0.3, 0.4) is 0 Å². The van der Waals surface area contributed by atoms with Crippen molar-refractivity contribution in [1.29, 1.82) is 0 Å². The fraction of sp³-hybridized carbons (Fsp3) is 0.455. The SMILES string of the molecule is CCOc1ccc(Br)cc1C[NH+](C)C. The van der Waals surface area contributed by atoms with Gasteiger partial charge in [0.1, 0.15) is 12.3 Å². The Balaban J connectivity index is 2.90. The molecule has 0 atom stereocenters. The molecule has 0 heterocycles. The summed E-state index contributed by atoms with van der Waals surface area (Å²) in [4.78, 5) is 1.39. The second-order valence-corrected chi connectivity index (χ2v) is 4.48. The number of nitrogens with one attached hydrogen (secondary N) is 1. The van der Waals surface area contributed by atoms with Crippen molar-refractivity contribution in [2.75, 3.05) is 20.7 Å². The molecule has 1 rings (SSSR count). The lowest BCUT2D eigenvalue weighted by Crippen LogP contribution is -3.04. The quantitative estimate of drug-likeness (QED) is 0.865. The van der Waals surface area contributed by atoms with Crippen molar-refractivity contribution >= 4 is 15.9 Å². The second-order valence-electron chi connectivity index (χ2n) is 3.57. The van der Waals surface area contributed by atoms with Crippen LogP contribution in [0.15, 0.2) is 22.7 Å². The van der Waals surface area contributed by atoms with Crippen molar-refractivity contribution in [3.05, 3.63) is 28.2 Å². The number of halogens is 1. The van der Waals surface area contributed by atoms with Crippen molar-refractivity contribution in [3.63, 3.8) is 0 Å². The molecule has 1 aromatic carbocycles. The van der Waals surface area contributed by atoms with E-state index in [2.05, 4.69) is 36.1 Å². The first-order valence-corrected chi connectivity index (χ1v) is 5.63. The van der Waals surface area contributed by atoms with Gasteiger partial charge in [0.05, 0.1) is 20.7 Å². The summed E-state index contributed by atoms with van der Waals surface area (Å²) >= 11 is 3.47. The molecule has 0 fully saturated rings. The van der Waals surface area contributed by atoms with Crippen LogP contribution < -0.4 is 9.64 Å². The Labute approximate surface area is 94.0 Å². The highest BCUT2D eigenvalue weighted by Gasteiger charge is 2.07. The van der Waals surface area contributed by atoms with Gasteiger partial charge in [-0.15, -0.1) is 0 Å². The van der Waals surface area contributed by atoms with E-state index in [9.17, 15) is 0 Å². The summed E-state index contributed by atoms with van der Waals surface area (Å²) in [5.74, 6) is 0.997. The van der Waals surface area contributed by atoms with E-state index in [-0.39, 0.29) is 0 Å². The lowest BCUT2D eigenvalue weighted by atomic mass is 10.2. The van der Waals surface area contributed by atoms with Gasteiger partial charge < -0.3 is 9.64 Å². The van der Waals surface area contributed by atoms with E-state index in [0.717, 1.165) is 23.4 Å². The summed E-state index contributed by atoms with van der Waals surface area (Å²) in [5.41, 5.74) is 1.25. The summed E-state index contributed by atoms with van der Waals surface area (Å²) in [7, 11) is 4.27. The standard InChI is InChI=1S/C11H16BrNO/c1-4-14-11-6-5-10(12)7-9(11)8-13(2)3/h5-7H,4,8H2,1-3H3/p+1. The van der Waals surface area contributed by atoms with E-state index in [1.165, 1.54) is 10.5 Å². The Kier molecular flexibility index (Phi) is 4.42. The molecule has 0 saturated heterocycles. The topological polar surface area (TPSA) is 13.7 Å². The van der Waals surface area contributed by atoms with Crippen LogP contribution in [-0.2, 0) is 6.54 Å². The molecule has 3 heteroatoms. The molecule has 2 nitrogen and oxygen atoms in total. The Morgan fingerprint density at radius 2 is 2.07 bits per heavy atom. The molecule has 0 aliphatic rings. The predicted octanol–water partition coefficient (Wildman–Crippen LogP) is 1.49. The lowest BCUT2D eigenvalue weighted by Gasteiger charge is -2.12. The van der Waals surface area contributed by atoms with Gasteiger partial charge >= 0.3 is 0 Å². The first-order chi connectivity index (χ1) is 6.63. The minimum Gasteiger partial charge on any atom is -0.493 e. The van der Waals surface area contributed by atoms with E-state index < -0.39 is 0 Å². The van der Waals surface area contributed by atoms with Crippen LogP contribution in [0.1, 0.15) is 12.5 Å². The molecule has 0 radical (unpaired) electrons. The molecule has 0 aliphatic carbocycles. The third-order valence-corrected chi connectivity index (χ3v) is 2.36. The molecule has 78 valence electrons. The van der Waals surface area contributed by atoms with Gasteiger partial charge in [0.15, 0.2) is 0 Å². The summed E-state index contributed by atoms with van der Waals surface area (Å²) in [6.07, 6.45) is 0. The maximum Gasteiger partial charge on any atom is 0.128 e. The molecule has 0 unspecified atom stereocenters. The van der Waals surface area contributed by atoms with Gasteiger partial charge in [0, 0.05) is 10.0 Å². The van der Waals surface area contributed by atoms with Gasteiger partial charge in [-0.05, 0) is 25.1 Å². The number of ether oxygens (including phenoxy) is 1. The van der Waals surface area contributed by atoms with Crippen molar-refractivity contribution in [1.82, 2.24) is 0 Å². The zero-order chi connectivity index (χ0) is 10.6. The number of hydrogen-bond donors (Lipinski definition) is 1. The van der Waals surface area contributed by atoms with Crippen LogP contribution >= 0.6 is 15.9 Å². The molecule has 1 N–H and O–H groups in total. The number of rotatable bonds is 4. The van der Waals surface area contributed by atoms with Crippen molar-refractivity contribution in [2.24, 2.45) is 0 Å². The van der Waals surface area contributed by atoms with Gasteiger partial charge in [-0.25, -0.2) is 0 Å². The highest BCUT2D eigenvalue weighted by Crippen LogP contribution is 2.22. The summed E-state index contributed by atoms with van der Waals surface area (Å²) < 4.78 is 6.67. The highest BCUT2D eigenvalue weighted by molar-refractivity contribution is 9.10. The largest absolute Gasteiger partial charge is 0.493 e. The fourth-order valence-corrected chi connectivity index (χ4v) is 1.77. The van der Waals surface area contributed by atoms with E-state index in [1.54, 1.807) is 0 Å². The summed E-state index contributed by atoms with van der Waals surface area (Å²) in [6, 6.07) is 6.16. The van der Waals surface area contributed by atoms with Crippen molar-refractivity contribution in [2.45, 2.75) is 13.5 Å². The minimum absolute atomic E-state index is 0.720. The fourth-order valence-electron chi connectivity index (χ4n) is 1.36. The number of hydrogen-bond acceptors (Lipinski definition) is 1. The van der Waals surface area contributed by atoms with Crippen molar-refractivity contribution in [3.8, 4) is 5.75 Å².